The number of fused-ring (bicyclic) bond motifs is 1. The average Bonchev–Trinajstić information content (AvgIpc) is 3.60. The first kappa shape index (κ1) is 49.3. The minimum absolute atomic E-state index is 0. The first-order valence-electron chi connectivity index (χ1n) is 18.9. The van der Waals surface area contributed by atoms with E-state index in [2.05, 4.69) is 10.0 Å². The van der Waals surface area contributed by atoms with Gasteiger partial charge in [-0.3, -0.25) is 18.7 Å². The molecule has 0 radical (unpaired) electrons. The smallest absolute Gasteiger partial charge is 0.548 e. The van der Waals surface area contributed by atoms with Gasteiger partial charge in [0.15, 0.2) is 0 Å². The molecule has 57 heavy (non-hydrogen) atoms. The molecule has 3 aliphatic rings. The van der Waals surface area contributed by atoms with Crippen LogP contribution in [0.15, 0.2) is 52.3 Å². The van der Waals surface area contributed by atoms with Gasteiger partial charge in [-0.15, -0.1) is 0 Å². The van der Waals surface area contributed by atoms with Crippen molar-refractivity contribution in [3.05, 3.63) is 53.1 Å². The molecule has 0 bridgehead atoms. The molecule has 2 aromatic rings. The number of likely N-dealkylation sites (tertiary alicyclic amines) is 1. The minimum Gasteiger partial charge on any atom is -0.548 e. The number of nitrogens with zero attached hydrogens (tertiary/aromatic N) is 1. The van der Waals surface area contributed by atoms with Crippen molar-refractivity contribution < 1.29 is 79.7 Å². The topological polar surface area (TPSA) is 231 Å². The number of nitrogens with one attached hydrogen (secondary N) is 2. The Balaban J connectivity index is 0.000000402. The Labute approximate surface area is 363 Å². The number of esters is 1. The van der Waals surface area contributed by atoms with Crippen LogP contribution in [0.3, 0.4) is 0 Å². The number of anilines is 1. The average molecular weight is 883 g/mol. The monoisotopic (exact) mass is 882 g/mol. The van der Waals surface area contributed by atoms with E-state index in [1.807, 2.05) is 30.3 Å². The fourth-order valence-corrected chi connectivity index (χ4v) is 11.8. The van der Waals surface area contributed by atoms with Crippen molar-refractivity contribution in [2.24, 2.45) is 22.9 Å². The molecule has 5 rings (SSSR count). The van der Waals surface area contributed by atoms with E-state index < -0.39 is 68.7 Å². The second-order valence-corrected chi connectivity index (χ2v) is 21.1. The summed E-state index contributed by atoms with van der Waals surface area (Å²) in [6.45, 7) is 5.63. The van der Waals surface area contributed by atoms with E-state index in [1.165, 1.54) is 23.0 Å². The van der Waals surface area contributed by atoms with Crippen LogP contribution in [0.1, 0.15) is 84.1 Å². The Bertz CT molecular complexity index is 1970. The van der Waals surface area contributed by atoms with Crippen LogP contribution in [0, 0.1) is 17.8 Å². The number of ether oxygens (including phenoxy) is 1. The zero-order valence-electron chi connectivity index (χ0n) is 33.0. The number of aryl methyl sites for hydroxylation is 1. The maximum atomic E-state index is 14.2. The number of rotatable bonds is 15. The fourth-order valence-electron chi connectivity index (χ4n) is 7.21. The third-order valence-electron chi connectivity index (χ3n) is 10.2. The summed E-state index contributed by atoms with van der Waals surface area (Å²) in [6.07, 6.45) is 6.88. The van der Waals surface area contributed by atoms with Gasteiger partial charge in [0.05, 0.1) is 29.4 Å². The maximum Gasteiger partial charge on any atom is 1.00 e. The standard InChI is InChI=1S/C30H46NO7P.C7H8ClN3O4S2.Na/c1-4-28(33)37-30(22(2)3)38-39(36,18-12-11-15-23-13-7-5-8-14-23)21-27(32)31-20-25(19-26(31)29(34)35)24-16-9-6-10-17-24;8-4-1-5-7(2-6(4)16(9,12)13)17(14,15)11-3-10-5;/h5,7-8,13-14,22,24-26,30H,4,6,9-12,15-21H2,1-3H3,(H,34,35);1-2,10-11H,3H2,(H2,9,12,13);/q;;+1/p-1/t25-,26+,30?,39?;;/m1../s1. The number of carboxylic acids is 1. The molecule has 4 N–H and O–H groups in total. The number of benzene rings is 2. The van der Waals surface area contributed by atoms with Crippen molar-refractivity contribution in [2.45, 2.75) is 107 Å². The van der Waals surface area contributed by atoms with Crippen molar-refractivity contribution in [3.63, 3.8) is 0 Å². The van der Waals surface area contributed by atoms with Crippen LogP contribution in [0.5, 0.6) is 0 Å². The molecule has 2 fully saturated rings. The van der Waals surface area contributed by atoms with E-state index in [0.29, 0.717) is 25.3 Å². The molecule has 1 aliphatic carbocycles. The maximum absolute atomic E-state index is 14.2. The molecule has 15 nitrogen and oxygen atoms in total. The van der Waals surface area contributed by atoms with Crippen molar-refractivity contribution in [1.29, 1.82) is 0 Å². The molecule has 20 heteroatoms. The predicted octanol–water partition coefficient (Wildman–Crippen LogP) is 1.44. The Hall–Kier alpha value is -2.05. The fraction of sp³-hybridized carbons (Fsp3) is 0.595. The summed E-state index contributed by atoms with van der Waals surface area (Å²) in [6, 6.07) is 11.1. The van der Waals surface area contributed by atoms with Crippen LogP contribution >= 0.6 is 19.0 Å². The normalized spacial score (nSPS) is 20.8. The molecule has 2 aromatic carbocycles. The molecule has 1 saturated heterocycles. The number of hydrogen-bond donors (Lipinski definition) is 3. The van der Waals surface area contributed by atoms with Gasteiger partial charge in [-0.1, -0.05) is 94.8 Å². The largest absolute Gasteiger partial charge is 1.00 e. The van der Waals surface area contributed by atoms with Crippen LogP contribution in [0.4, 0.5) is 5.69 Å². The van der Waals surface area contributed by atoms with Crippen molar-refractivity contribution in [2.75, 3.05) is 30.9 Å². The van der Waals surface area contributed by atoms with Crippen molar-refractivity contribution in [1.82, 2.24) is 9.62 Å². The molecule has 312 valence electrons. The van der Waals surface area contributed by atoms with E-state index in [1.54, 1.807) is 20.8 Å². The van der Waals surface area contributed by atoms with Gasteiger partial charge in [-0.2, -0.15) is 4.72 Å². The van der Waals surface area contributed by atoms with Crippen LogP contribution in [-0.2, 0) is 54.7 Å². The Morgan fingerprint density at radius 3 is 2.33 bits per heavy atom. The molecule has 1 saturated carbocycles. The molecule has 2 aliphatic heterocycles. The number of carbonyl (C=O) groups is 3. The van der Waals surface area contributed by atoms with Crippen molar-refractivity contribution in [3.8, 4) is 0 Å². The molecule has 0 aromatic heterocycles. The Morgan fingerprint density at radius 1 is 1.07 bits per heavy atom. The number of sulfonamides is 2. The summed E-state index contributed by atoms with van der Waals surface area (Å²) in [4.78, 5) is 38.3. The predicted molar refractivity (Wildman–Crippen MR) is 210 cm³/mol. The third kappa shape index (κ3) is 14.3. The van der Waals surface area contributed by atoms with Gasteiger partial charge in [0, 0.05) is 25.0 Å². The number of hydrogen-bond acceptors (Lipinski definition) is 12. The summed E-state index contributed by atoms with van der Waals surface area (Å²) < 4.78 is 73.5. The zero-order chi connectivity index (χ0) is 41.3. The van der Waals surface area contributed by atoms with E-state index >= 15 is 0 Å². The second kappa shape index (κ2) is 22.0. The number of primary sulfonamides is 1. The Kier molecular flexibility index (Phi) is 19.0. The number of amides is 1. The number of nitrogens with two attached hydrogens (primary N) is 1. The van der Waals surface area contributed by atoms with Crippen molar-refractivity contribution >= 4 is 62.5 Å². The molecule has 4 atom stereocenters. The quantitative estimate of drug-likeness (QED) is 0.0759. The minimum atomic E-state index is -4.07. The molecule has 2 unspecified atom stereocenters. The second-order valence-electron chi connectivity index (χ2n) is 14.8. The van der Waals surface area contributed by atoms with Crippen LogP contribution in [0.25, 0.3) is 0 Å². The van der Waals surface area contributed by atoms with E-state index in [9.17, 15) is 40.9 Å². The van der Waals surface area contributed by atoms with E-state index in [0.717, 1.165) is 44.6 Å². The summed E-state index contributed by atoms with van der Waals surface area (Å²) in [5.41, 5.74) is 1.41. The SMILES string of the molecule is CCC(=O)OC(OP(=O)(CCCCc1ccccc1)CC(=O)N1C[C@H](C2CCCCC2)C[C@H]1C(=O)[O-])C(C)C.NS(=O)(=O)c1cc2c(cc1Cl)NCNS2(=O)=O.[Na+]. The number of halogens is 1. The summed E-state index contributed by atoms with van der Waals surface area (Å²) in [7, 11) is -11.4. The molecule has 0 spiro atoms. The first-order valence-corrected chi connectivity index (χ1v) is 24.3. The van der Waals surface area contributed by atoms with Gasteiger partial charge in [-0.05, 0) is 55.2 Å². The third-order valence-corrected chi connectivity index (χ3v) is 15.4. The summed E-state index contributed by atoms with van der Waals surface area (Å²) >= 11 is 5.72. The van der Waals surface area contributed by atoms with Crippen LogP contribution in [-0.4, -0.2) is 77.5 Å². The number of aliphatic carboxylic acids is 1. The van der Waals surface area contributed by atoms with Gasteiger partial charge in [0.1, 0.15) is 16.0 Å². The zero-order valence-corrected chi connectivity index (χ0v) is 38.3. The van der Waals surface area contributed by atoms with Gasteiger partial charge in [0.25, 0.3) is 0 Å². The summed E-state index contributed by atoms with van der Waals surface area (Å²) in [5, 5.41) is 19.5. The molecule has 2 heterocycles. The molecular weight excluding hydrogens is 830 g/mol. The van der Waals surface area contributed by atoms with Gasteiger partial charge in [0.2, 0.25) is 39.6 Å². The van der Waals surface area contributed by atoms with Crippen LogP contribution < -0.4 is 49.8 Å². The van der Waals surface area contributed by atoms with Gasteiger partial charge < -0.3 is 24.9 Å². The van der Waals surface area contributed by atoms with E-state index in [-0.39, 0.29) is 76.3 Å². The first-order chi connectivity index (χ1) is 26.3. The van der Waals surface area contributed by atoms with Gasteiger partial charge >= 0.3 is 35.5 Å². The Morgan fingerprint density at radius 2 is 1.74 bits per heavy atom. The van der Waals surface area contributed by atoms with Gasteiger partial charge in [-0.25, -0.2) is 22.0 Å². The summed E-state index contributed by atoms with van der Waals surface area (Å²) in [5.74, 6) is -1.99. The number of carboxylic acid groups (broad SMARTS) is 1. The number of carbonyl (C=O) groups excluding carboxylic acids is 3. The molecule has 1 amide bonds. The van der Waals surface area contributed by atoms with E-state index in [4.69, 9.17) is 26.0 Å². The number of unbranched alkanes of at least 4 members (excludes halogenated alkanes) is 1. The molecular formula is C37H53ClN4NaO11PS2. The van der Waals surface area contributed by atoms with Crippen LogP contribution in [0.2, 0.25) is 5.02 Å².